The Morgan fingerprint density at radius 1 is 1.08 bits per heavy atom. The number of carbonyl (C=O) groups is 2. The number of hydrazine groups is 1. The van der Waals surface area contributed by atoms with Gasteiger partial charge in [0, 0.05) is 16.7 Å². The van der Waals surface area contributed by atoms with Crippen molar-refractivity contribution in [3.05, 3.63) is 33.2 Å². The molecule has 0 aliphatic heterocycles. The average Bonchev–Trinajstić information content (AvgIpc) is 2.55. The molecule has 0 saturated heterocycles. The monoisotopic (exact) mass is 407 g/mol. The van der Waals surface area contributed by atoms with E-state index in [0.29, 0.717) is 17.8 Å². The van der Waals surface area contributed by atoms with Crippen molar-refractivity contribution >= 4 is 27.7 Å². The third-order valence-corrected chi connectivity index (χ3v) is 6.57. The zero-order valence-corrected chi connectivity index (χ0v) is 15.5. The van der Waals surface area contributed by atoms with Crippen LogP contribution in [-0.4, -0.2) is 16.4 Å². The highest BCUT2D eigenvalue weighted by Crippen LogP contribution is 2.59. The molecule has 4 aliphatic rings. The molecule has 0 radical (unpaired) electrons. The fourth-order valence-corrected chi connectivity index (χ4v) is 5.85. The number of amides is 2. The maximum Gasteiger partial charge on any atom is 0.258 e. The van der Waals surface area contributed by atoms with Gasteiger partial charge in [-0.15, -0.1) is 0 Å². The molecule has 4 aliphatic carbocycles. The molecule has 0 atom stereocenters. The first-order valence-electron chi connectivity index (χ1n) is 8.89. The molecule has 4 bridgehead atoms. The van der Waals surface area contributed by atoms with E-state index in [0.717, 1.165) is 23.7 Å². The predicted molar refractivity (Wildman–Crippen MR) is 95.3 cm³/mol. The van der Waals surface area contributed by atoms with Crippen molar-refractivity contribution in [3.63, 3.8) is 0 Å². The number of carbonyl (C=O) groups excluding carboxylic acids is 2. The van der Waals surface area contributed by atoms with E-state index in [1.165, 1.54) is 29.9 Å². The van der Waals surface area contributed by atoms with Crippen LogP contribution in [0.3, 0.4) is 0 Å². The number of hydrogen-bond donors (Lipinski definition) is 2. The van der Waals surface area contributed by atoms with Crippen LogP contribution in [0.15, 0.2) is 27.6 Å². The van der Waals surface area contributed by atoms with Crippen LogP contribution in [0.25, 0.3) is 0 Å². The highest BCUT2D eigenvalue weighted by molar-refractivity contribution is 9.10. The Labute approximate surface area is 154 Å². The SMILES string of the molecule is O=C(Cn1cc(Br)ccc1=O)NNC(=O)C12CC3CC(CC(C3)C1)C2. The molecular formula is C18H22BrN3O3. The predicted octanol–water partition coefficient (Wildman–Crippen LogP) is 1.97. The van der Waals surface area contributed by atoms with Gasteiger partial charge in [0.1, 0.15) is 6.54 Å². The Hall–Kier alpha value is -1.63. The molecule has 1 heterocycles. The summed E-state index contributed by atoms with van der Waals surface area (Å²) in [5, 5.41) is 0. The molecule has 7 heteroatoms. The van der Waals surface area contributed by atoms with Crippen molar-refractivity contribution in [2.24, 2.45) is 23.2 Å². The van der Waals surface area contributed by atoms with Crippen LogP contribution in [0, 0.1) is 23.2 Å². The molecule has 5 rings (SSSR count). The zero-order chi connectivity index (χ0) is 17.6. The lowest BCUT2D eigenvalue weighted by Gasteiger charge is -2.55. The quantitative estimate of drug-likeness (QED) is 0.751. The Morgan fingerprint density at radius 2 is 1.68 bits per heavy atom. The van der Waals surface area contributed by atoms with E-state index < -0.39 is 5.91 Å². The lowest BCUT2D eigenvalue weighted by molar-refractivity contribution is -0.149. The van der Waals surface area contributed by atoms with Gasteiger partial charge >= 0.3 is 0 Å². The van der Waals surface area contributed by atoms with Crippen LogP contribution in [-0.2, 0) is 16.1 Å². The van der Waals surface area contributed by atoms with Crippen molar-refractivity contribution in [3.8, 4) is 0 Å². The van der Waals surface area contributed by atoms with Gasteiger partial charge in [-0.2, -0.15) is 0 Å². The van der Waals surface area contributed by atoms with Crippen LogP contribution in [0.5, 0.6) is 0 Å². The van der Waals surface area contributed by atoms with Crippen LogP contribution in [0.4, 0.5) is 0 Å². The second-order valence-corrected chi connectivity index (χ2v) is 8.93. The van der Waals surface area contributed by atoms with E-state index in [2.05, 4.69) is 26.8 Å². The maximum absolute atomic E-state index is 12.8. The number of aromatic nitrogens is 1. The van der Waals surface area contributed by atoms with E-state index in [-0.39, 0.29) is 23.4 Å². The summed E-state index contributed by atoms with van der Waals surface area (Å²) < 4.78 is 2.02. The lowest BCUT2D eigenvalue weighted by Crippen LogP contribution is -2.57. The molecule has 2 N–H and O–H groups in total. The number of hydrogen-bond acceptors (Lipinski definition) is 3. The van der Waals surface area contributed by atoms with Crippen LogP contribution >= 0.6 is 15.9 Å². The number of rotatable bonds is 3. The second kappa shape index (κ2) is 6.27. The largest absolute Gasteiger partial charge is 0.305 e. The van der Waals surface area contributed by atoms with Crippen LogP contribution < -0.4 is 16.4 Å². The summed E-state index contributed by atoms with van der Waals surface area (Å²) in [6, 6.07) is 3.02. The van der Waals surface area contributed by atoms with E-state index >= 15 is 0 Å². The molecule has 1 aromatic rings. The summed E-state index contributed by atoms with van der Waals surface area (Å²) in [5.74, 6) is 1.56. The van der Waals surface area contributed by atoms with Crippen molar-refractivity contribution < 1.29 is 9.59 Å². The Morgan fingerprint density at radius 3 is 2.28 bits per heavy atom. The standard InChI is InChI=1S/C18H22BrN3O3/c19-14-1-2-16(24)22(9-14)10-15(23)20-21-17(25)18-6-11-3-12(7-18)5-13(4-11)8-18/h1-2,9,11-13H,3-8,10H2,(H,20,23)(H,21,25). The molecule has 0 unspecified atom stereocenters. The second-order valence-electron chi connectivity index (χ2n) is 8.01. The number of halogens is 1. The Kier molecular flexibility index (Phi) is 4.22. The summed E-state index contributed by atoms with van der Waals surface area (Å²) in [4.78, 5) is 36.6. The third-order valence-electron chi connectivity index (χ3n) is 6.10. The van der Waals surface area contributed by atoms with Gasteiger partial charge in [-0.3, -0.25) is 25.2 Å². The molecule has 0 spiro atoms. The topological polar surface area (TPSA) is 80.2 Å². The molecule has 4 fully saturated rings. The third kappa shape index (κ3) is 3.26. The van der Waals surface area contributed by atoms with Gasteiger partial charge in [0.25, 0.3) is 11.5 Å². The fraction of sp³-hybridized carbons (Fsp3) is 0.611. The van der Waals surface area contributed by atoms with E-state index in [1.807, 2.05) is 0 Å². The highest BCUT2D eigenvalue weighted by atomic mass is 79.9. The number of nitrogens with zero attached hydrogens (tertiary/aromatic N) is 1. The summed E-state index contributed by atoms with van der Waals surface area (Å²) in [7, 11) is 0. The summed E-state index contributed by atoms with van der Waals surface area (Å²) >= 11 is 3.28. The molecule has 25 heavy (non-hydrogen) atoms. The average molecular weight is 408 g/mol. The summed E-state index contributed by atoms with van der Waals surface area (Å²) in [5.41, 5.74) is 4.56. The summed E-state index contributed by atoms with van der Waals surface area (Å²) in [6.45, 7) is -0.126. The minimum absolute atomic E-state index is 0.0541. The molecule has 2 amide bonds. The maximum atomic E-state index is 12.8. The van der Waals surface area contributed by atoms with Gasteiger partial charge in [0.2, 0.25) is 5.91 Å². The first-order valence-corrected chi connectivity index (χ1v) is 9.68. The van der Waals surface area contributed by atoms with Gasteiger partial charge in [0.05, 0.1) is 5.41 Å². The van der Waals surface area contributed by atoms with Gasteiger partial charge < -0.3 is 4.57 Å². The normalized spacial score (nSPS) is 32.4. The highest BCUT2D eigenvalue weighted by Gasteiger charge is 2.54. The first kappa shape index (κ1) is 16.8. The molecule has 0 aromatic carbocycles. The molecule has 6 nitrogen and oxygen atoms in total. The summed E-state index contributed by atoms with van der Waals surface area (Å²) in [6.07, 6.45) is 8.21. The van der Waals surface area contributed by atoms with Gasteiger partial charge in [-0.05, 0) is 78.3 Å². The first-order chi connectivity index (χ1) is 11.9. The molecule has 1 aromatic heterocycles. The van der Waals surface area contributed by atoms with Crippen LogP contribution in [0.1, 0.15) is 38.5 Å². The van der Waals surface area contributed by atoms with Gasteiger partial charge in [-0.1, -0.05) is 0 Å². The number of pyridine rings is 1. The molecule has 4 saturated carbocycles. The van der Waals surface area contributed by atoms with Crippen molar-refractivity contribution in [2.75, 3.05) is 0 Å². The lowest BCUT2D eigenvalue weighted by atomic mass is 9.49. The van der Waals surface area contributed by atoms with Gasteiger partial charge in [0.15, 0.2) is 0 Å². The Balaban J connectivity index is 1.36. The van der Waals surface area contributed by atoms with Crippen molar-refractivity contribution in [2.45, 2.75) is 45.1 Å². The zero-order valence-electron chi connectivity index (χ0n) is 14.0. The van der Waals surface area contributed by atoms with Crippen molar-refractivity contribution in [1.82, 2.24) is 15.4 Å². The van der Waals surface area contributed by atoms with Crippen LogP contribution in [0.2, 0.25) is 0 Å². The van der Waals surface area contributed by atoms with E-state index in [9.17, 15) is 14.4 Å². The van der Waals surface area contributed by atoms with E-state index in [4.69, 9.17) is 0 Å². The van der Waals surface area contributed by atoms with E-state index in [1.54, 1.807) is 12.3 Å². The van der Waals surface area contributed by atoms with Gasteiger partial charge in [-0.25, -0.2) is 0 Å². The van der Waals surface area contributed by atoms with Crippen molar-refractivity contribution in [1.29, 1.82) is 0 Å². The molecular weight excluding hydrogens is 386 g/mol. The fourth-order valence-electron chi connectivity index (χ4n) is 5.47. The molecule has 134 valence electrons. The minimum Gasteiger partial charge on any atom is -0.305 e. The minimum atomic E-state index is -0.404. The number of nitrogens with one attached hydrogen (secondary N) is 2. The smallest absolute Gasteiger partial charge is 0.258 e. The Bertz CT molecular complexity index is 738.